The first-order valence-corrected chi connectivity index (χ1v) is 41.8. The number of allylic oxidation sites excluding steroid dienone is 4. The van der Waals surface area contributed by atoms with E-state index in [-0.39, 0.29) is 25.7 Å². The molecule has 0 spiro atoms. The molecule has 0 radical (unpaired) electrons. The fourth-order valence-electron chi connectivity index (χ4n) is 11.1. The van der Waals surface area contributed by atoms with Gasteiger partial charge >= 0.3 is 39.5 Å². The van der Waals surface area contributed by atoms with Crippen molar-refractivity contribution in [1.29, 1.82) is 0 Å². The molecule has 19 heteroatoms. The highest BCUT2D eigenvalue weighted by atomic mass is 31.2. The number of aliphatic hydroxyl groups is 1. The van der Waals surface area contributed by atoms with Crippen LogP contribution < -0.4 is 0 Å². The second-order valence-corrected chi connectivity index (χ2v) is 30.6. The van der Waals surface area contributed by atoms with E-state index in [1.807, 2.05) is 0 Å². The molecule has 0 rings (SSSR count). The highest BCUT2D eigenvalue weighted by Gasteiger charge is 2.30. The normalized spacial score (nSPS) is 14.2. The fourth-order valence-corrected chi connectivity index (χ4v) is 12.7. The monoisotopic (exact) mass is 1390 g/mol. The maximum atomic E-state index is 13.1. The van der Waals surface area contributed by atoms with Crippen LogP contribution in [0.5, 0.6) is 0 Å². The zero-order valence-corrected chi connectivity index (χ0v) is 63.2. The van der Waals surface area contributed by atoms with E-state index in [2.05, 4.69) is 65.8 Å². The van der Waals surface area contributed by atoms with Gasteiger partial charge in [-0.05, 0) is 63.2 Å². The van der Waals surface area contributed by atoms with E-state index in [9.17, 15) is 43.2 Å². The van der Waals surface area contributed by atoms with Crippen LogP contribution in [0.1, 0.15) is 369 Å². The van der Waals surface area contributed by atoms with E-state index in [0.717, 1.165) is 134 Å². The summed E-state index contributed by atoms with van der Waals surface area (Å²) in [6.45, 7) is 9.49. The van der Waals surface area contributed by atoms with Gasteiger partial charge in [0.15, 0.2) is 12.2 Å². The molecule has 0 bridgehead atoms. The van der Waals surface area contributed by atoms with E-state index < -0.39 is 97.5 Å². The Morgan fingerprint density at radius 1 is 0.326 bits per heavy atom. The number of carbonyl (C=O) groups excluding carboxylic acids is 4. The van der Waals surface area contributed by atoms with Crippen LogP contribution in [0.15, 0.2) is 24.3 Å². The molecule has 17 nitrogen and oxygen atoms in total. The van der Waals surface area contributed by atoms with Gasteiger partial charge in [0, 0.05) is 25.7 Å². The van der Waals surface area contributed by atoms with Gasteiger partial charge in [-0.15, -0.1) is 0 Å². The molecule has 5 atom stereocenters. The number of hydrogen-bond acceptors (Lipinski definition) is 15. The Kier molecular flexibility index (Phi) is 65.6. The summed E-state index contributed by atoms with van der Waals surface area (Å²) in [4.78, 5) is 72.6. The summed E-state index contributed by atoms with van der Waals surface area (Å²) in [6.07, 6.45) is 57.9. The minimum atomic E-state index is -4.96. The molecule has 0 aliphatic heterocycles. The third kappa shape index (κ3) is 69.8. The van der Waals surface area contributed by atoms with Gasteiger partial charge in [-0.2, -0.15) is 0 Å². The van der Waals surface area contributed by atoms with Crippen LogP contribution in [-0.2, 0) is 65.4 Å². The van der Waals surface area contributed by atoms with Gasteiger partial charge in [-0.3, -0.25) is 37.3 Å². The number of unbranched alkanes of at least 4 members (excludes halogenated alkanes) is 40. The Hall–Kier alpha value is -2.46. The van der Waals surface area contributed by atoms with Gasteiger partial charge in [0.1, 0.15) is 19.3 Å². The number of rotatable bonds is 73. The molecular formula is C76H144O17P2. The minimum absolute atomic E-state index is 0.101. The molecule has 0 heterocycles. The Morgan fingerprint density at radius 2 is 0.568 bits per heavy atom. The minimum Gasteiger partial charge on any atom is -0.462 e. The lowest BCUT2D eigenvalue weighted by Crippen LogP contribution is -2.30. The van der Waals surface area contributed by atoms with Gasteiger partial charge in [0.2, 0.25) is 0 Å². The average molecular weight is 1390 g/mol. The Balaban J connectivity index is 5.20. The standard InChI is InChI=1S/C76H144O17P2/c1-7-9-11-13-15-16-17-18-23-27-30-35-41-47-53-59-74(79)87-65-72(93-75(80)60-54-48-42-36-31-28-25-22-20-19-21-24-26-29-33-39-44-50-56-68(3)4)67-91-95(84,85)89-63-70(77)62-88-94(82,83)90-66-71(64-86-73(78)58-52-46-38-14-12-10-8-2)92-76(81)61-55-49-43-37-32-34-40-45-51-57-69(5)6/h16-18,23,68-72,77H,7-15,19-22,24-67H2,1-6H3,(H,82,83)(H,84,85)/b17-16-,23-18-/t70-,71+,72+/m0/s1. The second-order valence-electron chi connectivity index (χ2n) is 27.7. The Bertz CT molecular complexity index is 1930. The fraction of sp³-hybridized carbons (Fsp3) is 0.895. The van der Waals surface area contributed by atoms with Crippen LogP contribution in [0.2, 0.25) is 0 Å². The number of esters is 4. The number of carbonyl (C=O) groups is 4. The maximum absolute atomic E-state index is 13.1. The molecule has 0 amide bonds. The Morgan fingerprint density at radius 3 is 0.863 bits per heavy atom. The van der Waals surface area contributed by atoms with Gasteiger partial charge in [0.05, 0.1) is 26.4 Å². The van der Waals surface area contributed by atoms with Crippen LogP contribution in [0, 0.1) is 11.8 Å². The van der Waals surface area contributed by atoms with Gasteiger partial charge in [-0.1, -0.05) is 316 Å². The van der Waals surface area contributed by atoms with Crippen molar-refractivity contribution in [1.82, 2.24) is 0 Å². The second kappa shape index (κ2) is 67.4. The van der Waals surface area contributed by atoms with Crippen molar-refractivity contribution in [3.63, 3.8) is 0 Å². The molecule has 3 N–H and O–H groups in total. The summed E-state index contributed by atoms with van der Waals surface area (Å²) in [6, 6.07) is 0. The van der Waals surface area contributed by atoms with Gasteiger partial charge in [-0.25, -0.2) is 9.13 Å². The first-order valence-electron chi connectivity index (χ1n) is 38.8. The first-order chi connectivity index (χ1) is 45.9. The number of phosphoric ester groups is 2. The largest absolute Gasteiger partial charge is 0.472 e. The molecule has 0 aromatic carbocycles. The summed E-state index contributed by atoms with van der Waals surface area (Å²) in [7, 11) is -9.92. The molecular weight excluding hydrogens is 1250 g/mol. The number of aliphatic hydroxyl groups excluding tert-OH is 1. The zero-order valence-electron chi connectivity index (χ0n) is 61.5. The SMILES string of the molecule is CCCCCC/C=C\C=C/CCCCCCCC(=O)OC[C@H](COP(=O)(O)OC[C@@H](O)COP(=O)(O)OC[C@@H](COC(=O)CCCCCCCCC)OC(=O)CCCCCCCCCCCC(C)C)OC(=O)CCCCCCCCCCCCCCCCCCCCC(C)C. The predicted molar refractivity (Wildman–Crippen MR) is 386 cm³/mol. The topological polar surface area (TPSA) is 237 Å². The number of phosphoric acid groups is 2. The summed E-state index contributed by atoms with van der Waals surface area (Å²) in [5.74, 6) is -0.599. The molecule has 2 unspecified atom stereocenters. The lowest BCUT2D eigenvalue weighted by atomic mass is 10.0. The lowest BCUT2D eigenvalue weighted by Gasteiger charge is -2.21. The highest BCUT2D eigenvalue weighted by Crippen LogP contribution is 2.45. The van der Waals surface area contributed by atoms with Crippen molar-refractivity contribution in [2.75, 3.05) is 39.6 Å². The van der Waals surface area contributed by atoms with Crippen LogP contribution in [0.25, 0.3) is 0 Å². The van der Waals surface area contributed by atoms with Gasteiger partial charge in [0.25, 0.3) is 0 Å². The van der Waals surface area contributed by atoms with Crippen molar-refractivity contribution in [2.45, 2.75) is 387 Å². The zero-order chi connectivity index (χ0) is 70.0. The quantitative estimate of drug-likeness (QED) is 0.0169. The van der Waals surface area contributed by atoms with E-state index in [1.165, 1.54) is 154 Å². The predicted octanol–water partition coefficient (Wildman–Crippen LogP) is 21.9. The number of ether oxygens (including phenoxy) is 4. The molecule has 0 saturated carbocycles. The molecule has 0 aliphatic rings. The van der Waals surface area contributed by atoms with Crippen molar-refractivity contribution in [3.05, 3.63) is 24.3 Å². The van der Waals surface area contributed by atoms with Crippen molar-refractivity contribution in [2.24, 2.45) is 11.8 Å². The molecule has 0 fully saturated rings. The summed E-state index contributed by atoms with van der Waals surface area (Å²) < 4.78 is 68.3. The molecule has 95 heavy (non-hydrogen) atoms. The third-order valence-corrected chi connectivity index (χ3v) is 19.0. The van der Waals surface area contributed by atoms with Crippen LogP contribution in [-0.4, -0.2) is 96.7 Å². The number of hydrogen-bond donors (Lipinski definition) is 3. The van der Waals surface area contributed by atoms with Crippen molar-refractivity contribution >= 4 is 39.5 Å². The molecule has 0 saturated heterocycles. The lowest BCUT2D eigenvalue weighted by molar-refractivity contribution is -0.161. The summed E-state index contributed by atoms with van der Waals surface area (Å²) in [5.41, 5.74) is 0. The summed E-state index contributed by atoms with van der Waals surface area (Å²) >= 11 is 0. The van der Waals surface area contributed by atoms with Crippen LogP contribution in [0.4, 0.5) is 0 Å². The molecule has 0 aromatic rings. The molecule has 0 aromatic heterocycles. The van der Waals surface area contributed by atoms with Gasteiger partial charge < -0.3 is 33.8 Å². The van der Waals surface area contributed by atoms with E-state index >= 15 is 0 Å². The highest BCUT2D eigenvalue weighted by molar-refractivity contribution is 7.47. The molecule has 560 valence electrons. The van der Waals surface area contributed by atoms with Crippen LogP contribution >= 0.6 is 15.6 Å². The van der Waals surface area contributed by atoms with Crippen molar-refractivity contribution in [3.8, 4) is 0 Å². The van der Waals surface area contributed by atoms with E-state index in [4.69, 9.17) is 37.0 Å². The first kappa shape index (κ1) is 92.5. The van der Waals surface area contributed by atoms with E-state index in [0.29, 0.717) is 25.7 Å². The maximum Gasteiger partial charge on any atom is 0.472 e. The van der Waals surface area contributed by atoms with E-state index in [1.54, 1.807) is 0 Å². The molecule has 0 aliphatic carbocycles. The van der Waals surface area contributed by atoms with Crippen LogP contribution in [0.3, 0.4) is 0 Å². The summed E-state index contributed by atoms with van der Waals surface area (Å²) in [5, 5.41) is 10.6. The van der Waals surface area contributed by atoms with Crippen molar-refractivity contribution < 1.29 is 80.2 Å². The smallest absolute Gasteiger partial charge is 0.462 e. The average Bonchev–Trinajstić information content (AvgIpc) is 2.49. The Labute approximate surface area is 580 Å². The third-order valence-electron chi connectivity index (χ3n) is 17.1.